The fraction of sp³-hybridized carbons (Fsp3) is 0.278. The molecule has 5 nitrogen and oxygen atoms in total. The van der Waals surface area contributed by atoms with Gasteiger partial charge in [-0.2, -0.15) is 0 Å². The first kappa shape index (κ1) is 16.5. The number of thiophene rings is 1. The predicted molar refractivity (Wildman–Crippen MR) is 100 cm³/mol. The second kappa shape index (κ2) is 6.38. The van der Waals surface area contributed by atoms with Crippen molar-refractivity contribution in [2.24, 2.45) is 0 Å². The topological polar surface area (TPSA) is 61.2 Å². The molecule has 2 aromatic heterocycles. The van der Waals surface area contributed by atoms with Gasteiger partial charge in [-0.1, -0.05) is 28.1 Å². The Balaban J connectivity index is 1.64. The standard InChI is InChI=1S/C18H15BrN2O3S/c1-10-14-16(20-13-3-2-8-21(13)17(14)22)25-15(10)18(23)24-9-11-4-6-12(19)7-5-11/h4-7H,2-3,8-9H2,1H3. The number of halogens is 1. The van der Waals surface area contributed by atoms with Gasteiger partial charge < -0.3 is 4.74 Å². The van der Waals surface area contributed by atoms with Gasteiger partial charge in [-0.15, -0.1) is 11.3 Å². The molecule has 0 amide bonds. The van der Waals surface area contributed by atoms with Crippen LogP contribution in [-0.2, 0) is 24.3 Å². The lowest BCUT2D eigenvalue weighted by Crippen LogP contribution is -2.20. The number of carbonyl (C=O) groups excluding carboxylic acids is 1. The number of nitrogens with zero attached hydrogens (tertiary/aromatic N) is 2. The molecule has 3 aromatic rings. The van der Waals surface area contributed by atoms with Gasteiger partial charge in [-0.05, 0) is 36.6 Å². The van der Waals surface area contributed by atoms with Crippen LogP contribution in [0, 0.1) is 6.92 Å². The van der Waals surface area contributed by atoms with E-state index in [0.29, 0.717) is 27.2 Å². The molecular weight excluding hydrogens is 404 g/mol. The maximum Gasteiger partial charge on any atom is 0.349 e. The van der Waals surface area contributed by atoms with Crippen LogP contribution in [0.5, 0.6) is 0 Å². The van der Waals surface area contributed by atoms with Crippen LogP contribution < -0.4 is 5.56 Å². The van der Waals surface area contributed by atoms with Gasteiger partial charge in [-0.3, -0.25) is 9.36 Å². The van der Waals surface area contributed by atoms with Crippen molar-refractivity contribution < 1.29 is 9.53 Å². The summed E-state index contributed by atoms with van der Waals surface area (Å²) in [6.45, 7) is 2.69. The lowest BCUT2D eigenvalue weighted by molar-refractivity contribution is 0.0478. The van der Waals surface area contributed by atoms with Gasteiger partial charge in [-0.25, -0.2) is 9.78 Å². The average Bonchev–Trinajstić information content (AvgIpc) is 3.19. The highest BCUT2D eigenvalue weighted by molar-refractivity contribution is 9.10. The lowest BCUT2D eigenvalue weighted by atomic mass is 10.2. The highest BCUT2D eigenvalue weighted by atomic mass is 79.9. The minimum atomic E-state index is -0.409. The number of hydrogen-bond acceptors (Lipinski definition) is 5. The Hall–Kier alpha value is -1.99. The second-order valence-corrected chi connectivity index (χ2v) is 7.94. The zero-order valence-electron chi connectivity index (χ0n) is 13.5. The molecule has 0 saturated carbocycles. The highest BCUT2D eigenvalue weighted by Crippen LogP contribution is 2.29. The van der Waals surface area contributed by atoms with Crippen molar-refractivity contribution in [2.45, 2.75) is 32.9 Å². The third-order valence-electron chi connectivity index (χ3n) is 4.38. The monoisotopic (exact) mass is 418 g/mol. The van der Waals surface area contributed by atoms with Crippen LogP contribution in [0.3, 0.4) is 0 Å². The van der Waals surface area contributed by atoms with Gasteiger partial charge in [0.25, 0.3) is 5.56 Å². The Morgan fingerprint density at radius 2 is 2.12 bits per heavy atom. The van der Waals surface area contributed by atoms with Crippen LogP contribution in [0.1, 0.15) is 33.0 Å². The van der Waals surface area contributed by atoms with E-state index in [-0.39, 0.29) is 12.2 Å². The van der Waals surface area contributed by atoms with Crippen molar-refractivity contribution in [3.63, 3.8) is 0 Å². The molecule has 0 bridgehead atoms. The van der Waals surface area contributed by atoms with Gasteiger partial charge in [0.15, 0.2) is 0 Å². The first-order valence-corrected chi connectivity index (χ1v) is 9.60. The molecule has 4 rings (SSSR count). The molecule has 7 heteroatoms. The molecule has 0 spiro atoms. The minimum absolute atomic E-state index is 0.0433. The number of esters is 1. The van der Waals surface area contributed by atoms with E-state index in [0.717, 1.165) is 28.7 Å². The Kier molecular flexibility index (Phi) is 4.21. The Bertz CT molecular complexity index is 1040. The van der Waals surface area contributed by atoms with Crippen LogP contribution >= 0.6 is 27.3 Å². The Morgan fingerprint density at radius 1 is 1.36 bits per heavy atom. The summed E-state index contributed by atoms with van der Waals surface area (Å²) in [7, 11) is 0. The van der Waals surface area contributed by atoms with E-state index in [1.54, 1.807) is 11.5 Å². The number of benzene rings is 1. The Labute approximate surface area is 156 Å². The van der Waals surface area contributed by atoms with Gasteiger partial charge in [0.2, 0.25) is 0 Å². The van der Waals surface area contributed by atoms with Crippen molar-refractivity contribution >= 4 is 43.5 Å². The zero-order valence-corrected chi connectivity index (χ0v) is 15.9. The van der Waals surface area contributed by atoms with E-state index < -0.39 is 5.97 Å². The van der Waals surface area contributed by atoms with Crippen molar-refractivity contribution in [1.29, 1.82) is 0 Å². The van der Waals surface area contributed by atoms with Crippen LogP contribution in [0.4, 0.5) is 0 Å². The van der Waals surface area contributed by atoms with Crippen LogP contribution in [0.25, 0.3) is 10.2 Å². The molecular formula is C18H15BrN2O3S. The third kappa shape index (κ3) is 2.91. The summed E-state index contributed by atoms with van der Waals surface area (Å²) < 4.78 is 8.12. The zero-order chi connectivity index (χ0) is 17.6. The molecule has 0 radical (unpaired) electrons. The highest BCUT2D eigenvalue weighted by Gasteiger charge is 2.23. The SMILES string of the molecule is Cc1c(C(=O)OCc2ccc(Br)cc2)sc2nc3n(c(=O)c12)CCC3. The van der Waals surface area contributed by atoms with E-state index >= 15 is 0 Å². The van der Waals surface area contributed by atoms with E-state index in [1.165, 1.54) is 11.3 Å². The number of aromatic nitrogens is 2. The molecule has 0 atom stereocenters. The summed E-state index contributed by atoms with van der Waals surface area (Å²) >= 11 is 4.62. The van der Waals surface area contributed by atoms with E-state index in [2.05, 4.69) is 20.9 Å². The van der Waals surface area contributed by atoms with Gasteiger partial charge in [0.05, 0.1) is 5.39 Å². The van der Waals surface area contributed by atoms with Crippen LogP contribution in [0.15, 0.2) is 33.5 Å². The molecule has 0 unspecified atom stereocenters. The molecule has 0 fully saturated rings. The van der Waals surface area contributed by atoms with Crippen molar-refractivity contribution in [1.82, 2.24) is 9.55 Å². The summed E-state index contributed by atoms with van der Waals surface area (Å²) in [5.41, 5.74) is 1.53. The molecule has 0 N–H and O–H groups in total. The van der Waals surface area contributed by atoms with Gasteiger partial charge in [0, 0.05) is 17.4 Å². The third-order valence-corrected chi connectivity index (χ3v) is 6.07. The number of rotatable bonds is 3. The number of ether oxygens (including phenoxy) is 1. The normalized spacial score (nSPS) is 13.2. The van der Waals surface area contributed by atoms with Crippen molar-refractivity contribution in [2.75, 3.05) is 0 Å². The summed E-state index contributed by atoms with van der Waals surface area (Å²) in [5.74, 6) is 0.404. The molecule has 1 aliphatic heterocycles. The quantitative estimate of drug-likeness (QED) is 0.606. The molecule has 1 aliphatic rings. The smallest absolute Gasteiger partial charge is 0.349 e. The molecule has 3 heterocycles. The summed E-state index contributed by atoms with van der Waals surface area (Å²) in [6.07, 6.45) is 1.76. The maximum absolute atomic E-state index is 12.7. The van der Waals surface area contributed by atoms with E-state index in [4.69, 9.17) is 4.74 Å². The number of aryl methyl sites for hydroxylation is 2. The van der Waals surface area contributed by atoms with Gasteiger partial charge >= 0.3 is 5.97 Å². The van der Waals surface area contributed by atoms with Crippen molar-refractivity contribution in [3.8, 4) is 0 Å². The predicted octanol–water partition coefficient (Wildman–Crippen LogP) is 3.83. The first-order chi connectivity index (χ1) is 12.0. The van der Waals surface area contributed by atoms with Crippen LogP contribution in [0.2, 0.25) is 0 Å². The average molecular weight is 419 g/mol. The molecule has 1 aromatic carbocycles. The molecule has 0 saturated heterocycles. The number of fused-ring (bicyclic) bond motifs is 2. The lowest BCUT2D eigenvalue weighted by Gasteiger charge is -2.04. The Morgan fingerprint density at radius 3 is 2.88 bits per heavy atom. The van der Waals surface area contributed by atoms with E-state index in [9.17, 15) is 9.59 Å². The second-order valence-electron chi connectivity index (χ2n) is 6.03. The minimum Gasteiger partial charge on any atom is -0.457 e. The molecule has 0 aliphatic carbocycles. The van der Waals surface area contributed by atoms with E-state index in [1.807, 2.05) is 24.3 Å². The number of carbonyl (C=O) groups is 1. The fourth-order valence-electron chi connectivity index (χ4n) is 3.07. The maximum atomic E-state index is 12.7. The summed E-state index contributed by atoms with van der Waals surface area (Å²) in [5, 5.41) is 0.547. The molecule has 128 valence electrons. The van der Waals surface area contributed by atoms with Crippen molar-refractivity contribution in [3.05, 3.63) is 60.9 Å². The first-order valence-electron chi connectivity index (χ1n) is 7.99. The van der Waals surface area contributed by atoms with Gasteiger partial charge in [0.1, 0.15) is 22.1 Å². The largest absolute Gasteiger partial charge is 0.457 e. The molecule has 25 heavy (non-hydrogen) atoms. The fourth-order valence-corrected chi connectivity index (χ4v) is 4.41. The summed E-state index contributed by atoms with van der Waals surface area (Å²) in [4.78, 5) is 30.8. The number of hydrogen-bond donors (Lipinski definition) is 0. The summed E-state index contributed by atoms with van der Waals surface area (Å²) in [6, 6.07) is 7.60. The van der Waals surface area contributed by atoms with Crippen LogP contribution in [-0.4, -0.2) is 15.5 Å².